The van der Waals surface area contributed by atoms with Crippen LogP contribution in [-0.2, 0) is 0 Å². The van der Waals surface area contributed by atoms with Crippen molar-refractivity contribution in [1.82, 2.24) is 5.32 Å². The Labute approximate surface area is 84.3 Å². The van der Waals surface area contributed by atoms with Crippen LogP contribution in [0.2, 0.25) is 0 Å². The molecule has 0 heterocycles. The molecule has 0 saturated heterocycles. The van der Waals surface area contributed by atoms with Gasteiger partial charge in [0.1, 0.15) is 0 Å². The van der Waals surface area contributed by atoms with Crippen LogP contribution in [0.15, 0.2) is 24.3 Å². The summed E-state index contributed by atoms with van der Waals surface area (Å²) < 4.78 is 0. The minimum Gasteiger partial charge on any atom is -0.352 e. The third-order valence-electron chi connectivity index (χ3n) is 1.85. The summed E-state index contributed by atoms with van der Waals surface area (Å²) in [6, 6.07) is 7.00. The molecule has 1 aromatic carbocycles. The summed E-state index contributed by atoms with van der Waals surface area (Å²) in [4.78, 5) is 11.4. The zero-order valence-electron chi connectivity index (χ0n) is 8.21. The van der Waals surface area contributed by atoms with Crippen molar-refractivity contribution in [2.24, 2.45) is 0 Å². The Morgan fingerprint density at radius 3 is 2.57 bits per heavy atom. The molecule has 0 spiro atoms. The molecule has 0 atom stereocenters. The molecule has 1 aromatic rings. The summed E-state index contributed by atoms with van der Waals surface area (Å²) in [7, 11) is 0. The second-order valence-corrected chi connectivity index (χ2v) is 2.98. The third kappa shape index (κ3) is 2.63. The molecule has 0 saturated carbocycles. The van der Waals surface area contributed by atoms with Crippen molar-refractivity contribution >= 4 is 5.91 Å². The number of nitrogens with one attached hydrogen (secondary N) is 1. The number of carbonyl (C=O) groups excluding carboxylic acids is 1. The summed E-state index contributed by atoms with van der Waals surface area (Å²) >= 11 is 0. The molecule has 0 aliphatic heterocycles. The number of benzene rings is 1. The summed E-state index contributed by atoms with van der Waals surface area (Å²) in [5, 5.41) is 2.80. The molecule has 0 aliphatic carbocycles. The largest absolute Gasteiger partial charge is 0.352 e. The first-order valence-electron chi connectivity index (χ1n) is 4.62. The van der Waals surface area contributed by atoms with E-state index in [9.17, 15) is 4.79 Å². The van der Waals surface area contributed by atoms with E-state index in [0.717, 1.165) is 12.0 Å². The van der Waals surface area contributed by atoms with Crippen LogP contribution in [-0.4, -0.2) is 12.5 Å². The Balaban J connectivity index is 2.68. The highest BCUT2D eigenvalue weighted by Crippen LogP contribution is 2.02. The fourth-order valence-electron chi connectivity index (χ4n) is 1.06. The maximum absolute atomic E-state index is 11.4. The van der Waals surface area contributed by atoms with Gasteiger partial charge in [-0.15, -0.1) is 6.42 Å². The van der Waals surface area contributed by atoms with Gasteiger partial charge >= 0.3 is 0 Å². The van der Waals surface area contributed by atoms with Crippen LogP contribution in [0, 0.1) is 12.3 Å². The van der Waals surface area contributed by atoms with Crippen molar-refractivity contribution in [3.63, 3.8) is 0 Å². The highest BCUT2D eigenvalue weighted by Gasteiger charge is 2.02. The number of carbonyl (C=O) groups is 1. The molecular formula is C12H13NO. The van der Waals surface area contributed by atoms with Gasteiger partial charge in [0.25, 0.3) is 5.91 Å². The van der Waals surface area contributed by atoms with Gasteiger partial charge in [-0.2, -0.15) is 0 Å². The van der Waals surface area contributed by atoms with Crippen molar-refractivity contribution in [2.45, 2.75) is 13.3 Å². The summed E-state index contributed by atoms with van der Waals surface area (Å²) in [6.07, 6.45) is 6.14. The van der Waals surface area contributed by atoms with Gasteiger partial charge in [-0.25, -0.2) is 0 Å². The monoisotopic (exact) mass is 187 g/mol. The normalized spacial score (nSPS) is 9.14. The van der Waals surface area contributed by atoms with Crippen LogP contribution in [0.3, 0.4) is 0 Å². The van der Waals surface area contributed by atoms with Crippen LogP contribution in [0.1, 0.15) is 29.3 Å². The fraction of sp³-hybridized carbons (Fsp3) is 0.250. The first-order valence-corrected chi connectivity index (χ1v) is 4.62. The molecule has 0 bridgehead atoms. The Morgan fingerprint density at radius 2 is 2.07 bits per heavy atom. The van der Waals surface area contributed by atoms with Crippen LogP contribution >= 0.6 is 0 Å². The van der Waals surface area contributed by atoms with Gasteiger partial charge in [0.15, 0.2) is 0 Å². The van der Waals surface area contributed by atoms with Crippen molar-refractivity contribution < 1.29 is 4.79 Å². The average Bonchev–Trinajstić information content (AvgIpc) is 2.26. The molecular weight excluding hydrogens is 174 g/mol. The van der Waals surface area contributed by atoms with E-state index in [0.29, 0.717) is 12.1 Å². The van der Waals surface area contributed by atoms with Crippen molar-refractivity contribution in [1.29, 1.82) is 0 Å². The zero-order valence-corrected chi connectivity index (χ0v) is 8.21. The van der Waals surface area contributed by atoms with Crippen molar-refractivity contribution in [3.05, 3.63) is 35.4 Å². The lowest BCUT2D eigenvalue weighted by molar-refractivity contribution is 0.0953. The quantitative estimate of drug-likeness (QED) is 0.718. The van der Waals surface area contributed by atoms with Gasteiger partial charge in [-0.3, -0.25) is 4.79 Å². The lowest BCUT2D eigenvalue weighted by Gasteiger charge is -2.02. The van der Waals surface area contributed by atoms with E-state index < -0.39 is 0 Å². The van der Waals surface area contributed by atoms with E-state index in [-0.39, 0.29) is 5.91 Å². The fourth-order valence-corrected chi connectivity index (χ4v) is 1.06. The van der Waals surface area contributed by atoms with Crippen LogP contribution < -0.4 is 5.32 Å². The molecule has 1 rings (SSSR count). The molecule has 0 aromatic heterocycles. The lowest BCUT2D eigenvalue weighted by atomic mass is 10.1. The standard InChI is InChI=1S/C12H13NO/c1-3-9-13-12(14)11-7-5-10(4-2)6-8-11/h2,5-8H,3,9H2,1H3,(H,13,14). The van der Waals surface area contributed by atoms with E-state index >= 15 is 0 Å². The summed E-state index contributed by atoms with van der Waals surface area (Å²) in [5.41, 5.74) is 1.44. The predicted molar refractivity (Wildman–Crippen MR) is 57.0 cm³/mol. The van der Waals surface area contributed by atoms with Gasteiger partial charge in [0, 0.05) is 17.7 Å². The maximum atomic E-state index is 11.4. The Kier molecular flexibility index (Phi) is 3.75. The second-order valence-electron chi connectivity index (χ2n) is 2.98. The molecule has 0 unspecified atom stereocenters. The van der Waals surface area contributed by atoms with E-state index in [2.05, 4.69) is 11.2 Å². The van der Waals surface area contributed by atoms with Gasteiger partial charge in [0.05, 0.1) is 0 Å². The number of hydrogen-bond donors (Lipinski definition) is 1. The summed E-state index contributed by atoms with van der Waals surface area (Å²) in [6.45, 7) is 2.72. The topological polar surface area (TPSA) is 29.1 Å². The zero-order chi connectivity index (χ0) is 10.4. The van der Waals surface area contributed by atoms with E-state index in [1.807, 2.05) is 6.92 Å². The van der Waals surface area contributed by atoms with Gasteiger partial charge in [-0.05, 0) is 30.7 Å². The molecule has 2 nitrogen and oxygen atoms in total. The highest BCUT2D eigenvalue weighted by atomic mass is 16.1. The van der Waals surface area contributed by atoms with Crippen LogP contribution in [0.4, 0.5) is 0 Å². The minimum atomic E-state index is -0.0459. The number of rotatable bonds is 3. The first kappa shape index (κ1) is 10.3. The number of terminal acetylenes is 1. The Bertz CT molecular complexity index is 346. The smallest absolute Gasteiger partial charge is 0.251 e. The van der Waals surface area contributed by atoms with Gasteiger partial charge in [-0.1, -0.05) is 12.8 Å². The molecule has 0 fully saturated rings. The van der Waals surface area contributed by atoms with Crippen LogP contribution in [0.25, 0.3) is 0 Å². The first-order chi connectivity index (χ1) is 6.77. The van der Waals surface area contributed by atoms with Crippen LogP contribution in [0.5, 0.6) is 0 Å². The van der Waals surface area contributed by atoms with E-state index in [1.165, 1.54) is 0 Å². The van der Waals surface area contributed by atoms with E-state index in [4.69, 9.17) is 6.42 Å². The van der Waals surface area contributed by atoms with Gasteiger partial charge in [0.2, 0.25) is 0 Å². The molecule has 0 radical (unpaired) electrons. The molecule has 1 amide bonds. The third-order valence-corrected chi connectivity index (χ3v) is 1.85. The SMILES string of the molecule is C#Cc1ccc(C(=O)NCCC)cc1. The minimum absolute atomic E-state index is 0.0459. The number of hydrogen-bond acceptors (Lipinski definition) is 1. The Morgan fingerprint density at radius 1 is 1.43 bits per heavy atom. The molecule has 2 heteroatoms. The molecule has 14 heavy (non-hydrogen) atoms. The average molecular weight is 187 g/mol. The van der Waals surface area contributed by atoms with Gasteiger partial charge < -0.3 is 5.32 Å². The number of amides is 1. The van der Waals surface area contributed by atoms with E-state index in [1.54, 1.807) is 24.3 Å². The van der Waals surface area contributed by atoms with Crippen molar-refractivity contribution in [2.75, 3.05) is 6.54 Å². The Hall–Kier alpha value is -1.75. The maximum Gasteiger partial charge on any atom is 0.251 e. The van der Waals surface area contributed by atoms with Crippen molar-refractivity contribution in [3.8, 4) is 12.3 Å². The lowest BCUT2D eigenvalue weighted by Crippen LogP contribution is -2.23. The highest BCUT2D eigenvalue weighted by molar-refractivity contribution is 5.94. The molecule has 0 aliphatic rings. The second kappa shape index (κ2) is 5.08. The predicted octanol–water partition coefficient (Wildman–Crippen LogP) is 1.81. The molecule has 1 N–H and O–H groups in total. The summed E-state index contributed by atoms with van der Waals surface area (Å²) in [5.74, 6) is 2.46. The molecule has 72 valence electrons.